The SMILES string of the molecule is CC(C#N)N1CCN(C(=O)c2cccc(C(F)(F)F)c2Cl)CC1=O. The van der Waals surface area contributed by atoms with Gasteiger partial charge in [-0.05, 0) is 19.1 Å². The van der Waals surface area contributed by atoms with Crippen LogP contribution in [0.25, 0.3) is 0 Å². The van der Waals surface area contributed by atoms with Crippen molar-refractivity contribution in [3.8, 4) is 6.07 Å². The molecule has 0 aliphatic carbocycles. The van der Waals surface area contributed by atoms with Crippen LogP contribution in [0.15, 0.2) is 18.2 Å². The molecule has 0 spiro atoms. The zero-order chi connectivity index (χ0) is 18.1. The van der Waals surface area contributed by atoms with Gasteiger partial charge in [-0.25, -0.2) is 0 Å². The van der Waals surface area contributed by atoms with Gasteiger partial charge in [0, 0.05) is 13.1 Å². The summed E-state index contributed by atoms with van der Waals surface area (Å²) in [5.41, 5.74) is -1.40. The maximum absolute atomic E-state index is 12.9. The molecule has 24 heavy (non-hydrogen) atoms. The van der Waals surface area contributed by atoms with Crippen molar-refractivity contribution >= 4 is 23.4 Å². The number of hydrogen-bond acceptors (Lipinski definition) is 3. The fourth-order valence-electron chi connectivity index (χ4n) is 2.43. The maximum atomic E-state index is 12.9. The molecular weight excluding hydrogens is 347 g/mol. The average Bonchev–Trinajstić information content (AvgIpc) is 2.52. The van der Waals surface area contributed by atoms with Crippen LogP contribution in [0.5, 0.6) is 0 Å². The summed E-state index contributed by atoms with van der Waals surface area (Å²) in [6.45, 7) is 1.50. The highest BCUT2D eigenvalue weighted by Crippen LogP contribution is 2.36. The number of nitriles is 1. The van der Waals surface area contributed by atoms with Gasteiger partial charge in [-0.15, -0.1) is 0 Å². The highest BCUT2D eigenvalue weighted by molar-refractivity contribution is 6.34. The molecule has 1 aliphatic heterocycles. The minimum absolute atomic E-state index is 0.114. The van der Waals surface area contributed by atoms with Crippen LogP contribution >= 0.6 is 11.6 Å². The first-order valence-corrected chi connectivity index (χ1v) is 7.38. The molecule has 1 heterocycles. The summed E-state index contributed by atoms with van der Waals surface area (Å²) in [7, 11) is 0. The van der Waals surface area contributed by atoms with Crippen molar-refractivity contribution in [3.05, 3.63) is 34.3 Å². The van der Waals surface area contributed by atoms with Gasteiger partial charge >= 0.3 is 6.18 Å². The van der Waals surface area contributed by atoms with Crippen LogP contribution in [-0.2, 0) is 11.0 Å². The average molecular weight is 360 g/mol. The van der Waals surface area contributed by atoms with Crippen molar-refractivity contribution in [1.29, 1.82) is 5.26 Å². The lowest BCUT2D eigenvalue weighted by atomic mass is 10.1. The van der Waals surface area contributed by atoms with E-state index in [2.05, 4.69) is 0 Å². The third kappa shape index (κ3) is 3.46. The summed E-state index contributed by atoms with van der Waals surface area (Å²) in [5.74, 6) is -1.18. The fraction of sp³-hybridized carbons (Fsp3) is 0.400. The maximum Gasteiger partial charge on any atom is 0.417 e. The van der Waals surface area contributed by atoms with Gasteiger partial charge in [0.1, 0.15) is 12.6 Å². The van der Waals surface area contributed by atoms with Crippen LogP contribution in [0.2, 0.25) is 5.02 Å². The molecule has 0 aromatic heterocycles. The largest absolute Gasteiger partial charge is 0.417 e. The fourth-order valence-corrected chi connectivity index (χ4v) is 2.74. The Balaban J connectivity index is 2.23. The molecule has 0 saturated carbocycles. The van der Waals surface area contributed by atoms with Crippen LogP contribution in [0, 0.1) is 11.3 Å². The van der Waals surface area contributed by atoms with Gasteiger partial charge in [0.25, 0.3) is 5.91 Å². The Morgan fingerprint density at radius 2 is 2.04 bits per heavy atom. The van der Waals surface area contributed by atoms with E-state index in [1.165, 1.54) is 11.0 Å². The minimum Gasteiger partial charge on any atom is -0.328 e. The van der Waals surface area contributed by atoms with E-state index >= 15 is 0 Å². The van der Waals surface area contributed by atoms with E-state index in [9.17, 15) is 22.8 Å². The molecule has 2 rings (SSSR count). The summed E-state index contributed by atoms with van der Waals surface area (Å²) in [4.78, 5) is 26.9. The van der Waals surface area contributed by atoms with Crippen LogP contribution in [0.4, 0.5) is 13.2 Å². The summed E-state index contributed by atoms with van der Waals surface area (Å²) in [6, 6.07) is 4.37. The lowest BCUT2D eigenvalue weighted by Crippen LogP contribution is -2.54. The van der Waals surface area contributed by atoms with Gasteiger partial charge in [-0.3, -0.25) is 9.59 Å². The van der Waals surface area contributed by atoms with Gasteiger partial charge in [0.15, 0.2) is 0 Å². The third-order valence-electron chi connectivity index (χ3n) is 3.73. The second-order valence-electron chi connectivity index (χ2n) is 5.28. The van der Waals surface area contributed by atoms with Crippen LogP contribution < -0.4 is 0 Å². The second-order valence-corrected chi connectivity index (χ2v) is 5.66. The van der Waals surface area contributed by atoms with Gasteiger partial charge in [0.2, 0.25) is 5.91 Å². The Kier molecular flexibility index (Phi) is 5.04. The lowest BCUT2D eigenvalue weighted by Gasteiger charge is -2.35. The summed E-state index contributed by atoms with van der Waals surface area (Å²) in [6.07, 6.45) is -4.68. The number of halogens is 4. The molecule has 128 valence electrons. The van der Waals surface area contributed by atoms with E-state index < -0.39 is 34.6 Å². The molecule has 1 aliphatic rings. The van der Waals surface area contributed by atoms with E-state index in [0.29, 0.717) is 0 Å². The summed E-state index contributed by atoms with van der Waals surface area (Å²) < 4.78 is 38.6. The normalized spacial score (nSPS) is 16.8. The smallest absolute Gasteiger partial charge is 0.328 e. The molecule has 1 saturated heterocycles. The molecule has 1 unspecified atom stereocenters. The Bertz CT molecular complexity index is 715. The highest BCUT2D eigenvalue weighted by Gasteiger charge is 2.36. The number of hydrogen-bond donors (Lipinski definition) is 0. The van der Waals surface area contributed by atoms with Gasteiger partial charge in [0.05, 0.1) is 22.2 Å². The number of carbonyl (C=O) groups is 2. The number of amides is 2. The molecule has 5 nitrogen and oxygen atoms in total. The zero-order valence-corrected chi connectivity index (χ0v) is 13.4. The Morgan fingerprint density at radius 1 is 1.38 bits per heavy atom. The first-order chi connectivity index (χ1) is 11.2. The predicted octanol–water partition coefficient (Wildman–Crippen LogP) is 2.56. The van der Waals surface area contributed by atoms with Crippen LogP contribution in [0.1, 0.15) is 22.8 Å². The van der Waals surface area contributed by atoms with Crippen molar-refractivity contribution in [3.63, 3.8) is 0 Å². The van der Waals surface area contributed by atoms with E-state index in [0.717, 1.165) is 17.0 Å². The first kappa shape index (κ1) is 18.1. The molecule has 1 atom stereocenters. The third-order valence-corrected chi connectivity index (χ3v) is 4.14. The standard InChI is InChI=1S/C15H13ClF3N3O2/c1-9(7-20)22-6-5-21(8-12(22)23)14(24)10-3-2-4-11(13(10)16)15(17,18)19/h2-4,9H,5-6,8H2,1H3. The van der Waals surface area contributed by atoms with Crippen molar-refractivity contribution in [2.45, 2.75) is 19.1 Å². The quantitative estimate of drug-likeness (QED) is 0.815. The van der Waals surface area contributed by atoms with Crippen molar-refractivity contribution in [1.82, 2.24) is 9.80 Å². The topological polar surface area (TPSA) is 64.4 Å². The van der Waals surface area contributed by atoms with Gasteiger partial charge in [-0.2, -0.15) is 18.4 Å². The highest BCUT2D eigenvalue weighted by atomic mass is 35.5. The molecule has 1 aromatic rings. The molecule has 0 N–H and O–H groups in total. The molecule has 1 aromatic carbocycles. The van der Waals surface area contributed by atoms with Gasteiger partial charge in [-0.1, -0.05) is 17.7 Å². The Hall–Kier alpha value is -2.27. The number of carbonyl (C=O) groups excluding carboxylic acids is 2. The van der Waals surface area contributed by atoms with Gasteiger partial charge < -0.3 is 9.80 Å². The minimum atomic E-state index is -4.68. The number of nitrogens with zero attached hydrogens (tertiary/aromatic N) is 3. The number of benzene rings is 1. The number of alkyl halides is 3. The molecule has 9 heteroatoms. The van der Waals surface area contributed by atoms with Crippen LogP contribution in [-0.4, -0.2) is 47.3 Å². The molecule has 2 amide bonds. The Morgan fingerprint density at radius 3 is 2.58 bits per heavy atom. The molecule has 1 fully saturated rings. The van der Waals surface area contributed by atoms with Crippen LogP contribution in [0.3, 0.4) is 0 Å². The lowest BCUT2D eigenvalue weighted by molar-refractivity contribution is -0.138. The van der Waals surface area contributed by atoms with Crippen molar-refractivity contribution < 1.29 is 22.8 Å². The van der Waals surface area contributed by atoms with E-state index in [1.807, 2.05) is 6.07 Å². The summed E-state index contributed by atoms with van der Waals surface area (Å²) >= 11 is 5.74. The summed E-state index contributed by atoms with van der Waals surface area (Å²) in [5, 5.41) is 8.17. The van der Waals surface area contributed by atoms with E-state index in [1.54, 1.807) is 6.92 Å². The first-order valence-electron chi connectivity index (χ1n) is 7.01. The monoisotopic (exact) mass is 359 g/mol. The second kappa shape index (κ2) is 6.69. The predicted molar refractivity (Wildman–Crippen MR) is 79.1 cm³/mol. The molecule has 0 bridgehead atoms. The van der Waals surface area contributed by atoms with E-state index in [-0.39, 0.29) is 25.2 Å². The van der Waals surface area contributed by atoms with E-state index in [4.69, 9.17) is 16.9 Å². The zero-order valence-electron chi connectivity index (χ0n) is 12.6. The Labute approximate surface area is 141 Å². The molecule has 0 radical (unpaired) electrons. The molecular formula is C15H13ClF3N3O2. The number of piperazine rings is 1. The number of rotatable bonds is 2. The van der Waals surface area contributed by atoms with Crippen molar-refractivity contribution in [2.24, 2.45) is 0 Å². The van der Waals surface area contributed by atoms with Crippen molar-refractivity contribution in [2.75, 3.05) is 19.6 Å².